The van der Waals surface area contributed by atoms with Crippen LogP contribution in [-0.4, -0.2) is 45.4 Å². The first kappa shape index (κ1) is 19.8. The molecule has 7 heteroatoms. The fourth-order valence-electron chi connectivity index (χ4n) is 3.18. The molecular formula is C21H28N6O. The zero-order chi connectivity index (χ0) is 19.9. The summed E-state index contributed by atoms with van der Waals surface area (Å²) in [5, 5.41) is 16.0. The lowest BCUT2D eigenvalue weighted by Crippen LogP contribution is -2.28. The first-order valence-electron chi connectivity index (χ1n) is 9.90. The third kappa shape index (κ3) is 4.65. The number of carbonyl (C=O) groups excluding carboxylic acids is 1. The van der Waals surface area contributed by atoms with Crippen LogP contribution in [0.2, 0.25) is 0 Å². The quantitative estimate of drug-likeness (QED) is 0.618. The summed E-state index contributed by atoms with van der Waals surface area (Å²) in [5.41, 5.74) is 1.92. The first-order valence-corrected chi connectivity index (χ1v) is 9.90. The molecule has 148 valence electrons. The van der Waals surface area contributed by atoms with Crippen LogP contribution in [0.3, 0.4) is 0 Å². The molecular weight excluding hydrogens is 352 g/mol. The second-order valence-electron chi connectivity index (χ2n) is 6.87. The average molecular weight is 380 g/mol. The van der Waals surface area contributed by atoms with E-state index in [0.29, 0.717) is 30.9 Å². The highest BCUT2D eigenvalue weighted by atomic mass is 16.1. The van der Waals surface area contributed by atoms with Crippen molar-refractivity contribution in [3.8, 4) is 0 Å². The molecule has 0 fully saturated rings. The number of aryl methyl sites for hydroxylation is 1. The SMILES string of the molecule is CCN(CC)c1ccc2nnc(CCC(=O)NC[C@@H](C)c3ccccc3)n2n1. The average Bonchev–Trinajstić information content (AvgIpc) is 3.14. The summed E-state index contributed by atoms with van der Waals surface area (Å²) in [4.78, 5) is 14.4. The molecule has 2 heterocycles. The molecule has 1 amide bonds. The van der Waals surface area contributed by atoms with E-state index in [9.17, 15) is 4.79 Å². The summed E-state index contributed by atoms with van der Waals surface area (Å²) < 4.78 is 1.74. The maximum Gasteiger partial charge on any atom is 0.220 e. The van der Waals surface area contributed by atoms with Crippen LogP contribution in [0.1, 0.15) is 44.5 Å². The summed E-state index contributed by atoms with van der Waals surface area (Å²) in [7, 11) is 0. The van der Waals surface area contributed by atoms with Crippen molar-refractivity contribution >= 4 is 17.4 Å². The number of benzene rings is 1. The molecule has 0 unspecified atom stereocenters. The van der Waals surface area contributed by atoms with Crippen LogP contribution in [0, 0.1) is 0 Å². The molecule has 1 aromatic carbocycles. The molecule has 0 saturated heterocycles. The molecule has 0 saturated carbocycles. The molecule has 2 aromatic heterocycles. The minimum atomic E-state index is 0.0134. The number of fused-ring (bicyclic) bond motifs is 1. The zero-order valence-corrected chi connectivity index (χ0v) is 16.8. The maximum absolute atomic E-state index is 12.3. The molecule has 1 N–H and O–H groups in total. The number of carbonyl (C=O) groups is 1. The minimum Gasteiger partial charge on any atom is -0.356 e. The zero-order valence-electron chi connectivity index (χ0n) is 16.8. The van der Waals surface area contributed by atoms with E-state index in [0.717, 1.165) is 18.9 Å². The van der Waals surface area contributed by atoms with Crippen LogP contribution in [0.25, 0.3) is 5.65 Å². The highest BCUT2D eigenvalue weighted by Crippen LogP contribution is 2.14. The van der Waals surface area contributed by atoms with Gasteiger partial charge < -0.3 is 10.2 Å². The van der Waals surface area contributed by atoms with Gasteiger partial charge in [-0.05, 0) is 37.5 Å². The standard InChI is InChI=1S/C21H28N6O/c1-4-26(5-2)20-12-11-18-23-24-19(27(18)25-20)13-14-21(28)22-15-16(3)17-9-7-6-8-10-17/h6-12,16H,4-5,13-15H2,1-3H3,(H,22,28)/t16-/m1/s1. The molecule has 0 aliphatic heterocycles. The molecule has 0 aliphatic carbocycles. The van der Waals surface area contributed by atoms with Crippen molar-refractivity contribution in [3.63, 3.8) is 0 Å². The smallest absolute Gasteiger partial charge is 0.220 e. The fraction of sp³-hybridized carbons (Fsp3) is 0.429. The number of rotatable bonds is 9. The fourth-order valence-corrected chi connectivity index (χ4v) is 3.18. The Morgan fingerprint density at radius 2 is 1.86 bits per heavy atom. The van der Waals surface area contributed by atoms with Gasteiger partial charge in [-0.3, -0.25) is 4.79 Å². The van der Waals surface area contributed by atoms with Crippen LogP contribution in [0.4, 0.5) is 5.82 Å². The monoisotopic (exact) mass is 380 g/mol. The summed E-state index contributed by atoms with van der Waals surface area (Å²) in [6.45, 7) is 8.70. The lowest BCUT2D eigenvalue weighted by molar-refractivity contribution is -0.121. The van der Waals surface area contributed by atoms with Crippen molar-refractivity contribution in [1.29, 1.82) is 0 Å². The third-order valence-corrected chi connectivity index (χ3v) is 4.95. The number of anilines is 1. The Morgan fingerprint density at radius 3 is 2.57 bits per heavy atom. The Bertz CT molecular complexity index is 904. The Kier molecular flexibility index (Phi) is 6.57. The van der Waals surface area contributed by atoms with Gasteiger partial charge in [-0.1, -0.05) is 37.3 Å². The van der Waals surface area contributed by atoms with Gasteiger partial charge >= 0.3 is 0 Å². The van der Waals surface area contributed by atoms with Gasteiger partial charge in [0.05, 0.1) is 0 Å². The molecule has 0 aliphatic rings. The minimum absolute atomic E-state index is 0.0134. The van der Waals surface area contributed by atoms with E-state index in [1.165, 1.54) is 5.56 Å². The molecule has 7 nitrogen and oxygen atoms in total. The Morgan fingerprint density at radius 1 is 1.11 bits per heavy atom. The van der Waals surface area contributed by atoms with Crippen molar-refractivity contribution in [2.45, 2.75) is 39.5 Å². The number of nitrogens with one attached hydrogen (secondary N) is 1. The predicted molar refractivity (Wildman–Crippen MR) is 111 cm³/mol. The van der Waals surface area contributed by atoms with E-state index in [2.05, 4.69) is 58.4 Å². The van der Waals surface area contributed by atoms with Gasteiger partial charge in [-0.25, -0.2) is 0 Å². The van der Waals surface area contributed by atoms with E-state index in [-0.39, 0.29) is 11.8 Å². The Balaban J connectivity index is 1.58. The van der Waals surface area contributed by atoms with Crippen LogP contribution < -0.4 is 10.2 Å². The van der Waals surface area contributed by atoms with Crippen LogP contribution in [0.5, 0.6) is 0 Å². The van der Waals surface area contributed by atoms with Crippen molar-refractivity contribution in [2.75, 3.05) is 24.5 Å². The van der Waals surface area contributed by atoms with E-state index >= 15 is 0 Å². The summed E-state index contributed by atoms with van der Waals surface area (Å²) in [5.74, 6) is 1.88. The number of hydrogen-bond donors (Lipinski definition) is 1. The van der Waals surface area contributed by atoms with Gasteiger partial charge in [0.15, 0.2) is 11.5 Å². The summed E-state index contributed by atoms with van der Waals surface area (Å²) in [6.07, 6.45) is 0.862. The Labute approximate surface area is 165 Å². The highest BCUT2D eigenvalue weighted by molar-refractivity contribution is 5.76. The normalized spacial score (nSPS) is 12.1. The first-order chi connectivity index (χ1) is 13.6. The van der Waals surface area contributed by atoms with Crippen LogP contribution in [-0.2, 0) is 11.2 Å². The Hall–Kier alpha value is -2.96. The number of hydrogen-bond acceptors (Lipinski definition) is 5. The lowest BCUT2D eigenvalue weighted by Gasteiger charge is -2.19. The molecule has 0 bridgehead atoms. The van der Waals surface area contributed by atoms with E-state index in [1.54, 1.807) is 4.52 Å². The van der Waals surface area contributed by atoms with E-state index in [4.69, 9.17) is 0 Å². The van der Waals surface area contributed by atoms with Gasteiger partial charge in [0.2, 0.25) is 5.91 Å². The van der Waals surface area contributed by atoms with Crippen molar-refractivity contribution < 1.29 is 4.79 Å². The van der Waals surface area contributed by atoms with Crippen LogP contribution in [0.15, 0.2) is 42.5 Å². The maximum atomic E-state index is 12.3. The summed E-state index contributed by atoms with van der Waals surface area (Å²) in [6, 6.07) is 14.1. The molecule has 0 radical (unpaired) electrons. The van der Waals surface area contributed by atoms with Crippen molar-refractivity contribution in [1.82, 2.24) is 25.1 Å². The number of aromatic nitrogens is 4. The molecule has 3 aromatic rings. The van der Waals surface area contributed by atoms with Gasteiger partial charge in [0, 0.05) is 32.5 Å². The van der Waals surface area contributed by atoms with E-state index in [1.807, 2.05) is 30.3 Å². The second-order valence-corrected chi connectivity index (χ2v) is 6.87. The lowest BCUT2D eigenvalue weighted by atomic mass is 10.0. The van der Waals surface area contributed by atoms with Gasteiger partial charge in [0.25, 0.3) is 0 Å². The second kappa shape index (κ2) is 9.30. The number of nitrogens with zero attached hydrogens (tertiary/aromatic N) is 5. The largest absolute Gasteiger partial charge is 0.356 e. The van der Waals surface area contributed by atoms with Gasteiger partial charge in [0.1, 0.15) is 5.82 Å². The molecule has 3 rings (SSSR count). The van der Waals surface area contributed by atoms with Crippen molar-refractivity contribution in [3.05, 3.63) is 53.9 Å². The molecule has 28 heavy (non-hydrogen) atoms. The van der Waals surface area contributed by atoms with Gasteiger partial charge in [-0.2, -0.15) is 4.52 Å². The molecule has 0 spiro atoms. The number of amides is 1. The van der Waals surface area contributed by atoms with Crippen molar-refractivity contribution in [2.24, 2.45) is 0 Å². The van der Waals surface area contributed by atoms with Gasteiger partial charge in [-0.15, -0.1) is 15.3 Å². The third-order valence-electron chi connectivity index (χ3n) is 4.95. The highest BCUT2D eigenvalue weighted by Gasteiger charge is 2.13. The van der Waals surface area contributed by atoms with E-state index < -0.39 is 0 Å². The topological polar surface area (TPSA) is 75.4 Å². The van der Waals surface area contributed by atoms with Crippen LogP contribution >= 0.6 is 0 Å². The molecule has 1 atom stereocenters. The summed E-state index contributed by atoms with van der Waals surface area (Å²) >= 11 is 0. The predicted octanol–water partition coefficient (Wildman–Crippen LogP) is 2.82.